The number of carbonyl (C=O) groups excluding carboxylic acids is 1. The third-order valence-electron chi connectivity index (χ3n) is 4.32. The first kappa shape index (κ1) is 19.4. The molecule has 0 aliphatic carbocycles. The summed E-state index contributed by atoms with van der Waals surface area (Å²) >= 11 is 6.23. The van der Waals surface area contributed by atoms with Crippen molar-refractivity contribution in [2.75, 3.05) is 26.4 Å². The molecule has 6 heteroatoms. The summed E-state index contributed by atoms with van der Waals surface area (Å²) in [6, 6.07) is 9.81. The zero-order chi connectivity index (χ0) is 19.2. The molecule has 2 aromatic carbocycles. The van der Waals surface area contributed by atoms with Gasteiger partial charge in [0.2, 0.25) is 5.91 Å². The number of nitrogens with one attached hydrogen (secondary N) is 1. The maximum absolute atomic E-state index is 12.0. The van der Waals surface area contributed by atoms with E-state index in [-0.39, 0.29) is 5.91 Å². The molecule has 27 heavy (non-hydrogen) atoms. The molecular weight excluding hydrogens is 366 g/mol. The first-order chi connectivity index (χ1) is 13.0. The molecule has 144 valence electrons. The van der Waals surface area contributed by atoms with E-state index in [1.165, 1.54) is 0 Å². The van der Waals surface area contributed by atoms with Crippen LogP contribution in [0.25, 0.3) is 0 Å². The van der Waals surface area contributed by atoms with Gasteiger partial charge in [-0.3, -0.25) is 4.79 Å². The van der Waals surface area contributed by atoms with Gasteiger partial charge < -0.3 is 19.5 Å². The molecular formula is C21H24ClNO4. The minimum atomic E-state index is -0.0380. The standard InChI is InChI=1S/C21H24ClNO4/c1-14-3-4-15(2)18(11-14)25-8-6-20(24)23-7-5-16-12-17(22)21-19(13-16)26-9-10-27-21/h3-4,11-13H,5-10H2,1-2H3,(H,23,24). The highest BCUT2D eigenvalue weighted by Crippen LogP contribution is 2.38. The van der Waals surface area contributed by atoms with E-state index >= 15 is 0 Å². The Kier molecular flexibility index (Phi) is 6.45. The molecule has 2 aromatic rings. The van der Waals surface area contributed by atoms with Gasteiger partial charge in [0.25, 0.3) is 0 Å². The Morgan fingerprint density at radius 3 is 2.85 bits per heavy atom. The molecule has 0 saturated heterocycles. The fraction of sp³-hybridized carbons (Fsp3) is 0.381. The maximum Gasteiger partial charge on any atom is 0.223 e. The Hall–Kier alpha value is -2.40. The molecule has 0 fully saturated rings. The molecule has 0 aromatic heterocycles. The van der Waals surface area contributed by atoms with Crippen molar-refractivity contribution in [3.8, 4) is 17.2 Å². The van der Waals surface area contributed by atoms with Gasteiger partial charge in [-0.1, -0.05) is 23.7 Å². The number of hydrogen-bond donors (Lipinski definition) is 1. The molecule has 0 unspecified atom stereocenters. The summed E-state index contributed by atoms with van der Waals surface area (Å²) in [5.74, 6) is 2.05. The van der Waals surface area contributed by atoms with Crippen LogP contribution in [0.5, 0.6) is 17.2 Å². The number of amides is 1. The van der Waals surface area contributed by atoms with Crippen LogP contribution in [0.2, 0.25) is 5.02 Å². The fourth-order valence-electron chi connectivity index (χ4n) is 2.86. The van der Waals surface area contributed by atoms with Gasteiger partial charge in [-0.2, -0.15) is 0 Å². The molecule has 1 aliphatic rings. The molecule has 1 N–H and O–H groups in total. The second-order valence-electron chi connectivity index (χ2n) is 6.57. The third kappa shape index (κ3) is 5.30. The molecule has 1 aliphatic heterocycles. The summed E-state index contributed by atoms with van der Waals surface area (Å²) in [6.45, 7) is 5.91. The Morgan fingerprint density at radius 2 is 2.00 bits per heavy atom. The number of carbonyl (C=O) groups is 1. The van der Waals surface area contributed by atoms with Crippen molar-refractivity contribution in [3.63, 3.8) is 0 Å². The van der Waals surface area contributed by atoms with Crippen LogP contribution >= 0.6 is 11.6 Å². The van der Waals surface area contributed by atoms with E-state index in [2.05, 4.69) is 5.32 Å². The molecule has 3 rings (SSSR count). The molecule has 0 saturated carbocycles. The lowest BCUT2D eigenvalue weighted by Crippen LogP contribution is -2.27. The largest absolute Gasteiger partial charge is 0.493 e. The van der Waals surface area contributed by atoms with Crippen LogP contribution in [0.1, 0.15) is 23.1 Å². The summed E-state index contributed by atoms with van der Waals surface area (Å²) in [4.78, 5) is 12.0. The second kappa shape index (κ2) is 9.00. The molecule has 0 spiro atoms. The summed E-state index contributed by atoms with van der Waals surface area (Å²) in [6.07, 6.45) is 0.981. The average Bonchev–Trinajstić information content (AvgIpc) is 2.65. The number of fused-ring (bicyclic) bond motifs is 1. The average molecular weight is 390 g/mol. The van der Waals surface area contributed by atoms with Gasteiger partial charge in [0.1, 0.15) is 19.0 Å². The maximum atomic E-state index is 12.0. The second-order valence-corrected chi connectivity index (χ2v) is 6.98. The molecule has 0 bridgehead atoms. The fourth-order valence-corrected chi connectivity index (χ4v) is 3.15. The van der Waals surface area contributed by atoms with Crippen LogP contribution in [-0.4, -0.2) is 32.3 Å². The highest BCUT2D eigenvalue weighted by Gasteiger charge is 2.16. The van der Waals surface area contributed by atoms with Crippen LogP contribution in [0, 0.1) is 13.8 Å². The van der Waals surface area contributed by atoms with Crippen LogP contribution in [0.15, 0.2) is 30.3 Å². The smallest absolute Gasteiger partial charge is 0.223 e. The van der Waals surface area contributed by atoms with Gasteiger partial charge in [-0.15, -0.1) is 0 Å². The van der Waals surface area contributed by atoms with Gasteiger partial charge >= 0.3 is 0 Å². The third-order valence-corrected chi connectivity index (χ3v) is 4.60. The quantitative estimate of drug-likeness (QED) is 0.781. The van der Waals surface area contributed by atoms with Gasteiger partial charge in [0, 0.05) is 6.54 Å². The number of rotatable bonds is 7. The van der Waals surface area contributed by atoms with Crippen molar-refractivity contribution in [1.82, 2.24) is 5.32 Å². The zero-order valence-electron chi connectivity index (χ0n) is 15.6. The van der Waals surface area contributed by atoms with Crippen molar-refractivity contribution in [2.24, 2.45) is 0 Å². The molecule has 1 heterocycles. The highest BCUT2D eigenvalue weighted by atomic mass is 35.5. The van der Waals surface area contributed by atoms with Gasteiger partial charge in [0.15, 0.2) is 11.5 Å². The van der Waals surface area contributed by atoms with Crippen molar-refractivity contribution in [2.45, 2.75) is 26.7 Å². The predicted molar refractivity (Wildman–Crippen MR) is 105 cm³/mol. The lowest BCUT2D eigenvalue weighted by molar-refractivity contribution is -0.121. The van der Waals surface area contributed by atoms with E-state index < -0.39 is 0 Å². The van der Waals surface area contributed by atoms with Gasteiger partial charge in [0.05, 0.1) is 18.1 Å². The molecule has 0 radical (unpaired) electrons. The van der Waals surface area contributed by atoms with Gasteiger partial charge in [-0.05, 0) is 55.2 Å². The van der Waals surface area contributed by atoms with Crippen LogP contribution in [-0.2, 0) is 11.2 Å². The zero-order valence-corrected chi connectivity index (χ0v) is 16.4. The van der Waals surface area contributed by atoms with Crippen molar-refractivity contribution in [3.05, 3.63) is 52.0 Å². The van der Waals surface area contributed by atoms with E-state index in [9.17, 15) is 4.79 Å². The van der Waals surface area contributed by atoms with Crippen molar-refractivity contribution >= 4 is 17.5 Å². The summed E-state index contributed by atoms with van der Waals surface area (Å²) in [5.41, 5.74) is 3.20. The summed E-state index contributed by atoms with van der Waals surface area (Å²) < 4.78 is 16.8. The minimum absolute atomic E-state index is 0.0380. The van der Waals surface area contributed by atoms with Crippen molar-refractivity contribution < 1.29 is 19.0 Å². The van der Waals surface area contributed by atoms with E-state index in [1.807, 2.05) is 44.2 Å². The normalized spacial score (nSPS) is 12.6. The van der Waals surface area contributed by atoms with E-state index in [0.29, 0.717) is 55.7 Å². The first-order valence-corrected chi connectivity index (χ1v) is 9.45. The van der Waals surface area contributed by atoms with Crippen LogP contribution in [0.4, 0.5) is 0 Å². The lowest BCUT2D eigenvalue weighted by atomic mass is 10.1. The Morgan fingerprint density at radius 1 is 1.19 bits per heavy atom. The topological polar surface area (TPSA) is 56.8 Å². The van der Waals surface area contributed by atoms with E-state index in [4.69, 9.17) is 25.8 Å². The Labute approximate surface area is 164 Å². The van der Waals surface area contributed by atoms with Crippen molar-refractivity contribution in [1.29, 1.82) is 0 Å². The number of halogens is 1. The van der Waals surface area contributed by atoms with E-state index in [0.717, 1.165) is 22.4 Å². The Bertz CT molecular complexity index is 822. The predicted octanol–water partition coefficient (Wildman–Crippen LogP) is 3.86. The number of hydrogen-bond acceptors (Lipinski definition) is 4. The molecule has 1 amide bonds. The van der Waals surface area contributed by atoms with Crippen LogP contribution < -0.4 is 19.5 Å². The number of aryl methyl sites for hydroxylation is 2. The molecule has 5 nitrogen and oxygen atoms in total. The van der Waals surface area contributed by atoms with Crippen LogP contribution in [0.3, 0.4) is 0 Å². The first-order valence-electron chi connectivity index (χ1n) is 9.07. The number of ether oxygens (including phenoxy) is 3. The minimum Gasteiger partial charge on any atom is -0.493 e. The SMILES string of the molecule is Cc1ccc(C)c(OCCC(=O)NCCc2cc(Cl)c3c(c2)OCCO3)c1. The monoisotopic (exact) mass is 389 g/mol. The summed E-state index contributed by atoms with van der Waals surface area (Å²) in [5, 5.41) is 3.45. The Balaban J connectivity index is 1.42. The molecule has 0 atom stereocenters. The summed E-state index contributed by atoms with van der Waals surface area (Å²) in [7, 11) is 0. The van der Waals surface area contributed by atoms with Gasteiger partial charge in [-0.25, -0.2) is 0 Å². The highest BCUT2D eigenvalue weighted by molar-refractivity contribution is 6.32. The lowest BCUT2D eigenvalue weighted by Gasteiger charge is -2.20. The number of benzene rings is 2. The van der Waals surface area contributed by atoms with E-state index in [1.54, 1.807) is 0 Å².